The van der Waals surface area contributed by atoms with Crippen molar-refractivity contribution in [2.45, 2.75) is 76.9 Å². The van der Waals surface area contributed by atoms with Crippen LogP contribution in [-0.2, 0) is 23.5 Å². The molecule has 0 spiro atoms. The molecule has 9 heteroatoms. The number of rotatable bonds is 10. The molecular formula is C23H40N2O6Si. The number of β-lactam (4-membered cyclic amide) rings is 1. The molecule has 1 N–H and O–H groups in total. The Hall–Kier alpha value is -1.71. The molecule has 0 saturated carbocycles. The zero-order valence-corrected chi connectivity index (χ0v) is 21.6. The largest absolute Gasteiger partial charge is 0.445 e. The Bertz CT molecular complexity index is 720. The first kappa shape index (κ1) is 26.5. The van der Waals surface area contributed by atoms with Crippen molar-refractivity contribution in [1.29, 1.82) is 0 Å². The van der Waals surface area contributed by atoms with Crippen LogP contribution in [0.3, 0.4) is 0 Å². The second-order valence-electron chi connectivity index (χ2n) is 10.5. The summed E-state index contributed by atoms with van der Waals surface area (Å²) in [5.74, 6) is -0.661. The maximum Gasteiger partial charge on any atom is 0.410 e. The number of nitrogens with zero attached hydrogens (tertiary/aromatic N) is 1. The van der Waals surface area contributed by atoms with E-state index in [-0.39, 0.29) is 59.8 Å². The normalized spacial score (nSPS) is 26.8. The molecule has 0 bridgehead atoms. The number of amides is 2. The lowest BCUT2D eigenvalue weighted by molar-refractivity contribution is -0.141. The topological polar surface area (TPSA) is 94.2 Å². The van der Waals surface area contributed by atoms with Crippen molar-refractivity contribution in [2.24, 2.45) is 11.8 Å². The van der Waals surface area contributed by atoms with E-state index in [4.69, 9.17) is 13.9 Å². The van der Waals surface area contributed by atoms with Crippen molar-refractivity contribution < 1.29 is 28.3 Å². The summed E-state index contributed by atoms with van der Waals surface area (Å²) in [5.41, 5.74) is 0. The standard InChI is InChI=1S/C23H40N2O6Si/c1-9-10-30-22(28)25-13-16(11-17(25)14-29-6)19(26)12-18-20(21(27)24-18)15(2)31-32(7,8)23(3,4)5/h9,15-18,20H,1,10-14H2,2-8H3,(H,24,27)/t15-,16?,17+,18-,20-/m1/s1. The second-order valence-corrected chi connectivity index (χ2v) is 15.2. The van der Waals surface area contributed by atoms with Crippen LogP contribution in [0.5, 0.6) is 0 Å². The maximum atomic E-state index is 13.1. The van der Waals surface area contributed by atoms with Crippen molar-refractivity contribution in [3.05, 3.63) is 12.7 Å². The molecule has 5 atom stereocenters. The molecule has 2 aliphatic heterocycles. The van der Waals surface area contributed by atoms with E-state index >= 15 is 0 Å². The van der Waals surface area contributed by atoms with Crippen LogP contribution in [0.4, 0.5) is 4.79 Å². The van der Waals surface area contributed by atoms with Gasteiger partial charge in [-0.2, -0.15) is 0 Å². The van der Waals surface area contributed by atoms with Gasteiger partial charge in [0.25, 0.3) is 0 Å². The molecule has 2 saturated heterocycles. The summed E-state index contributed by atoms with van der Waals surface area (Å²) in [5, 5.41) is 2.92. The Balaban J connectivity index is 1.99. The molecule has 0 aromatic heterocycles. The predicted molar refractivity (Wildman–Crippen MR) is 125 cm³/mol. The van der Waals surface area contributed by atoms with E-state index in [1.165, 1.54) is 6.08 Å². The van der Waals surface area contributed by atoms with Crippen molar-refractivity contribution >= 4 is 26.1 Å². The second kappa shape index (κ2) is 10.5. The van der Waals surface area contributed by atoms with Crippen molar-refractivity contribution in [3.8, 4) is 0 Å². The SMILES string of the molecule is C=CCOC(=O)N1CC(C(=O)C[C@H]2NC(=O)[C@@H]2[C@@H](C)O[Si](C)(C)C(C)(C)C)C[C@H]1COC. The number of carbonyl (C=O) groups excluding carboxylic acids is 3. The lowest BCUT2D eigenvalue weighted by Crippen LogP contribution is -2.64. The Morgan fingerprint density at radius 1 is 1.34 bits per heavy atom. The maximum absolute atomic E-state index is 13.1. The molecule has 1 unspecified atom stereocenters. The van der Waals surface area contributed by atoms with Crippen LogP contribution in [0.25, 0.3) is 0 Å². The zero-order valence-electron chi connectivity index (χ0n) is 20.6. The van der Waals surface area contributed by atoms with E-state index in [1.54, 1.807) is 12.0 Å². The highest BCUT2D eigenvalue weighted by Gasteiger charge is 2.49. The number of hydrogen-bond donors (Lipinski definition) is 1. The highest BCUT2D eigenvalue weighted by Crippen LogP contribution is 2.39. The first-order valence-corrected chi connectivity index (χ1v) is 14.3. The third kappa shape index (κ3) is 5.99. The van der Waals surface area contributed by atoms with Gasteiger partial charge >= 0.3 is 6.09 Å². The molecule has 0 aromatic rings. The summed E-state index contributed by atoms with van der Waals surface area (Å²) < 4.78 is 16.8. The van der Waals surface area contributed by atoms with E-state index in [0.717, 1.165) is 0 Å². The summed E-state index contributed by atoms with van der Waals surface area (Å²) in [6.45, 7) is 17.1. The van der Waals surface area contributed by atoms with Crippen LogP contribution in [0, 0.1) is 11.8 Å². The first-order chi connectivity index (χ1) is 14.8. The van der Waals surface area contributed by atoms with Crippen LogP contribution >= 0.6 is 0 Å². The average molecular weight is 469 g/mol. The number of Topliss-reactive ketones (excluding diaryl/α,β-unsaturated/α-hetero) is 1. The van der Waals surface area contributed by atoms with Crippen LogP contribution in [0.2, 0.25) is 18.1 Å². The van der Waals surface area contributed by atoms with Gasteiger partial charge in [-0.25, -0.2) is 4.79 Å². The Labute approximate surface area is 193 Å². The molecule has 182 valence electrons. The van der Waals surface area contributed by atoms with Gasteiger partial charge in [-0.3, -0.25) is 9.59 Å². The molecule has 0 aliphatic carbocycles. The minimum atomic E-state index is -2.03. The smallest absolute Gasteiger partial charge is 0.410 e. The van der Waals surface area contributed by atoms with E-state index in [1.807, 2.05) is 6.92 Å². The Morgan fingerprint density at radius 2 is 2.00 bits per heavy atom. The molecule has 0 radical (unpaired) electrons. The van der Waals surface area contributed by atoms with Gasteiger partial charge in [-0.05, 0) is 31.5 Å². The fourth-order valence-corrected chi connectivity index (χ4v) is 5.64. The van der Waals surface area contributed by atoms with Crippen molar-refractivity contribution in [3.63, 3.8) is 0 Å². The third-order valence-electron chi connectivity index (χ3n) is 7.07. The minimum Gasteiger partial charge on any atom is -0.445 e. The number of methoxy groups -OCH3 is 1. The predicted octanol–water partition coefficient (Wildman–Crippen LogP) is 3.13. The average Bonchev–Trinajstić information content (AvgIpc) is 3.08. The first-order valence-electron chi connectivity index (χ1n) is 11.4. The lowest BCUT2D eigenvalue weighted by atomic mass is 9.81. The molecule has 2 fully saturated rings. The fraction of sp³-hybridized carbons (Fsp3) is 0.783. The zero-order chi connectivity index (χ0) is 24.3. The highest BCUT2D eigenvalue weighted by atomic mass is 28.4. The van der Waals surface area contributed by atoms with Crippen molar-refractivity contribution in [2.75, 3.05) is 26.9 Å². The fourth-order valence-electron chi connectivity index (χ4n) is 4.21. The van der Waals surface area contributed by atoms with Gasteiger partial charge in [-0.15, -0.1) is 0 Å². The van der Waals surface area contributed by atoms with Crippen LogP contribution < -0.4 is 5.32 Å². The van der Waals surface area contributed by atoms with Gasteiger partial charge in [0.1, 0.15) is 12.4 Å². The van der Waals surface area contributed by atoms with Gasteiger partial charge in [0.2, 0.25) is 5.91 Å². The van der Waals surface area contributed by atoms with E-state index in [0.29, 0.717) is 19.6 Å². The van der Waals surface area contributed by atoms with E-state index < -0.39 is 14.4 Å². The summed E-state index contributed by atoms with van der Waals surface area (Å²) in [4.78, 5) is 39.3. The number of ketones is 1. The number of nitrogens with one attached hydrogen (secondary N) is 1. The summed E-state index contributed by atoms with van der Waals surface area (Å²) in [6, 6.07) is -0.448. The summed E-state index contributed by atoms with van der Waals surface area (Å²) >= 11 is 0. The number of carbonyl (C=O) groups is 3. The van der Waals surface area contributed by atoms with Gasteiger partial charge in [0.15, 0.2) is 8.32 Å². The lowest BCUT2D eigenvalue weighted by Gasteiger charge is -2.45. The molecule has 0 aromatic carbocycles. The molecule has 8 nitrogen and oxygen atoms in total. The Morgan fingerprint density at radius 3 is 2.53 bits per heavy atom. The molecule has 2 heterocycles. The molecule has 2 rings (SSSR count). The molecule has 2 aliphatic rings. The van der Waals surface area contributed by atoms with Crippen LogP contribution in [0.15, 0.2) is 12.7 Å². The van der Waals surface area contributed by atoms with Gasteiger partial charge < -0.3 is 24.1 Å². The monoisotopic (exact) mass is 468 g/mol. The molecular weight excluding hydrogens is 428 g/mol. The number of likely N-dealkylation sites (tertiary alicyclic amines) is 1. The minimum absolute atomic E-state index is 0.0384. The molecule has 2 amide bonds. The third-order valence-corrected chi connectivity index (χ3v) is 11.6. The number of hydrogen-bond acceptors (Lipinski definition) is 6. The van der Waals surface area contributed by atoms with Gasteiger partial charge in [0.05, 0.1) is 24.7 Å². The van der Waals surface area contributed by atoms with Crippen LogP contribution in [-0.4, -0.2) is 76.1 Å². The highest BCUT2D eigenvalue weighted by molar-refractivity contribution is 6.74. The summed E-state index contributed by atoms with van der Waals surface area (Å²) in [7, 11) is -0.463. The molecule has 32 heavy (non-hydrogen) atoms. The van der Waals surface area contributed by atoms with Crippen LogP contribution in [0.1, 0.15) is 40.5 Å². The van der Waals surface area contributed by atoms with E-state index in [9.17, 15) is 14.4 Å². The number of ether oxygens (including phenoxy) is 2. The quantitative estimate of drug-likeness (QED) is 0.301. The Kier molecular flexibility index (Phi) is 8.69. The van der Waals surface area contributed by atoms with Gasteiger partial charge in [-0.1, -0.05) is 33.4 Å². The van der Waals surface area contributed by atoms with Crippen molar-refractivity contribution in [1.82, 2.24) is 10.2 Å². The van der Waals surface area contributed by atoms with E-state index in [2.05, 4.69) is 45.8 Å². The summed E-state index contributed by atoms with van der Waals surface area (Å²) in [6.07, 6.45) is 1.55. The van der Waals surface area contributed by atoms with Gasteiger partial charge in [0, 0.05) is 32.0 Å².